The summed E-state index contributed by atoms with van der Waals surface area (Å²) in [7, 11) is 13.6. The van der Waals surface area contributed by atoms with Gasteiger partial charge in [0.25, 0.3) is 0 Å². The molecule has 0 rings (SSSR count). The molecule has 0 aliphatic carbocycles. The van der Waals surface area contributed by atoms with Gasteiger partial charge in [-0.25, -0.2) is 0 Å². The fourth-order valence-corrected chi connectivity index (χ4v) is 0. The average molecular weight is 946 g/mol. The van der Waals surface area contributed by atoms with Crippen molar-refractivity contribution >= 4 is 211 Å². The van der Waals surface area contributed by atoms with Crippen molar-refractivity contribution in [1.82, 2.24) is 0 Å². The van der Waals surface area contributed by atoms with Crippen LogP contribution in [0.25, 0.3) is 0 Å². The van der Waals surface area contributed by atoms with Gasteiger partial charge in [-0.1, -0.05) is 44.6 Å². The van der Waals surface area contributed by atoms with E-state index in [1.54, 1.807) is 0 Å². The lowest BCUT2D eigenvalue weighted by Crippen LogP contribution is -1.92. The zero-order valence-corrected chi connectivity index (χ0v) is 28.8. The third kappa shape index (κ3) is 3060. The van der Waals surface area contributed by atoms with E-state index < -0.39 is 29.2 Å². The fraction of sp³-hybridized carbons (Fsp3) is 1.00. The quantitative estimate of drug-likeness (QED) is 0.103. The van der Waals surface area contributed by atoms with Gasteiger partial charge >= 0.3 is 29.2 Å². The first kappa shape index (κ1) is 152. The van der Waals surface area contributed by atoms with Gasteiger partial charge in [0, 0.05) is 53.3 Å². The van der Waals surface area contributed by atoms with E-state index in [1.807, 2.05) is 0 Å². The summed E-state index contributed by atoms with van der Waals surface area (Å²) >= 11 is 39.7. The van der Waals surface area contributed by atoms with Crippen molar-refractivity contribution in [1.29, 1.82) is 0 Å². The summed E-state index contributed by atoms with van der Waals surface area (Å²) in [4.78, 5) is 14.0. The minimum atomic E-state index is -2.72. The lowest BCUT2D eigenvalue weighted by molar-refractivity contribution is -0.176. The van der Waals surface area contributed by atoms with E-state index >= 15 is 0 Å². The van der Waals surface area contributed by atoms with Gasteiger partial charge in [0.1, 0.15) is 0 Å². The van der Waals surface area contributed by atoms with E-state index in [-0.39, 0.29) is 105 Å². The number of halogens is 16. The van der Waals surface area contributed by atoms with Crippen LogP contribution >= 0.6 is 182 Å². The lowest BCUT2D eigenvalue weighted by Gasteiger charge is -1.85. The molecular weight excluding hydrogens is 912 g/mol. The maximum atomic E-state index is 8.40. The van der Waals surface area contributed by atoms with Crippen molar-refractivity contribution in [3.05, 3.63) is 9.93 Å². The van der Waals surface area contributed by atoms with Crippen LogP contribution in [0.15, 0.2) is 0 Å². The molecule has 6 N–H and O–H groups in total. The molecule has 0 atom stereocenters. The molecule has 0 saturated heterocycles. The zero-order chi connectivity index (χ0) is 22.4. The van der Waals surface area contributed by atoms with Gasteiger partial charge in [0.05, 0.1) is 0 Å². The summed E-state index contributed by atoms with van der Waals surface area (Å²) in [5.74, 6) is 0. The number of hydrogen-bond acceptors (Lipinski definition) is 8. The van der Waals surface area contributed by atoms with Gasteiger partial charge in [-0.3, -0.25) is 28.4 Å². The maximum absolute atomic E-state index is 8.40. The Kier molecular flexibility index (Phi) is 728. The minimum Gasteiger partial charge on any atom is -0.412 e. The van der Waals surface area contributed by atoms with Crippen molar-refractivity contribution < 1.29 is 39.3 Å². The molecule has 0 amide bonds. The minimum absolute atomic E-state index is 0. The lowest BCUT2D eigenvalue weighted by atomic mass is 12.0. The molecule has 0 aliphatic rings. The molecule has 30 heteroatoms. The summed E-state index contributed by atoms with van der Waals surface area (Å²) in [5.41, 5.74) is 0. The normalized spacial score (nSPS) is 4.39. The smallest absolute Gasteiger partial charge is 0.412 e. The van der Waals surface area contributed by atoms with E-state index in [1.165, 1.54) is 0 Å². The molecule has 36 heavy (non-hydrogen) atoms. The number of hydrogen-bond donors (Lipinski definition) is 2. The van der Waals surface area contributed by atoms with Crippen molar-refractivity contribution in [2.45, 2.75) is 44.6 Å². The molecule has 0 aromatic heterocycles. The maximum Gasteiger partial charge on any atom is 0.549 e. The molecule has 0 heterocycles. The predicted octanol–water partition coefficient (Wildman–Crippen LogP) is 10.2. The van der Waals surface area contributed by atoms with Crippen molar-refractivity contribution in [2.75, 3.05) is 0 Å². The monoisotopic (exact) mass is 938 g/mol. The van der Waals surface area contributed by atoms with Crippen LogP contribution < -0.4 is 0 Å². The molecule has 0 unspecified atom stereocenters. The molecule has 0 aromatic carbocycles. The average Bonchev–Trinajstić information content (AvgIpc) is 2.45. The standard InChI is InChI=1S/6CH4.2Cl4Si.2Cl2.4ClH.2O2Si.H2O2.O2.2H2O/c;;;;;;2*1-5(2,3)4;2*1-2;;;;;2*1-3-2;2*1-2;;/h6*1H4;;;;;4*1H;;;1-2H;;2*1H2. The second-order valence-electron chi connectivity index (χ2n) is 1.02. The van der Waals surface area contributed by atoms with E-state index in [0.717, 1.165) is 0 Å². The molecular formula is C6H34Cl16O10Si4. The Labute approximate surface area is 301 Å². The molecule has 0 spiro atoms. The van der Waals surface area contributed by atoms with Crippen LogP contribution in [0.4, 0.5) is 0 Å². The van der Waals surface area contributed by atoms with Crippen LogP contribution in [0.3, 0.4) is 0 Å². The summed E-state index contributed by atoms with van der Waals surface area (Å²) in [6.45, 7) is 0. The largest absolute Gasteiger partial charge is 0.549 e. The van der Waals surface area contributed by atoms with Crippen LogP contribution in [0.2, 0.25) is 0 Å². The summed E-state index contributed by atoms with van der Waals surface area (Å²) in [5, 5.41) is 6.56. The Morgan fingerprint density at radius 3 is 0.417 bits per heavy atom. The molecule has 10 nitrogen and oxygen atoms in total. The van der Waals surface area contributed by atoms with Crippen molar-refractivity contribution in [3.8, 4) is 0 Å². The third-order valence-corrected chi connectivity index (χ3v) is 0. The first-order valence-corrected chi connectivity index (χ1v) is 19.0. The Bertz CT molecular complexity index is 223. The van der Waals surface area contributed by atoms with Gasteiger partial charge in [0.15, 0.2) is 0 Å². The summed E-state index contributed by atoms with van der Waals surface area (Å²) < 4.78 is 33.6. The SMILES string of the molecule is C.C.C.C.C.C.Cl.Cl.Cl.Cl.ClCl.ClCl.Cl[Si](Cl)(Cl)Cl.Cl[Si](Cl)(Cl)Cl.O.O.O=O.O=[Si]=O.O=[Si]=O.OO. The number of rotatable bonds is 0. The highest BCUT2D eigenvalue weighted by Gasteiger charge is 2.19. The van der Waals surface area contributed by atoms with Gasteiger partial charge in [-0.15, -0.1) is 138 Å². The topological polar surface area (TPSA) is 206 Å². The van der Waals surface area contributed by atoms with Crippen LogP contribution in [-0.4, -0.2) is 50.7 Å². The van der Waals surface area contributed by atoms with Crippen molar-refractivity contribution in [2.24, 2.45) is 0 Å². The van der Waals surface area contributed by atoms with E-state index in [0.29, 0.717) is 0 Å². The highest BCUT2D eigenvalue weighted by Crippen LogP contribution is 2.23. The van der Waals surface area contributed by atoms with Crippen LogP contribution in [0, 0.1) is 9.93 Å². The van der Waals surface area contributed by atoms with E-state index in [2.05, 4.69) is 43.4 Å². The second-order valence-corrected chi connectivity index (χ2v) is 23.6. The van der Waals surface area contributed by atoms with Gasteiger partial charge < -0.3 is 11.0 Å². The summed E-state index contributed by atoms with van der Waals surface area (Å²) in [6.07, 6.45) is 0. The fourth-order valence-electron chi connectivity index (χ4n) is 0. The molecule has 0 bridgehead atoms. The van der Waals surface area contributed by atoms with Crippen LogP contribution in [-0.2, 0) is 17.8 Å². The predicted molar refractivity (Wildman–Crippen MR) is 185 cm³/mol. The van der Waals surface area contributed by atoms with Crippen molar-refractivity contribution in [3.63, 3.8) is 0 Å². The first-order valence-electron chi connectivity index (χ1n) is 2.98. The van der Waals surface area contributed by atoms with Gasteiger partial charge in [0.2, 0.25) is 0 Å². The molecule has 0 saturated carbocycles. The van der Waals surface area contributed by atoms with Gasteiger partial charge in [-0.2, -0.15) is 0 Å². The summed E-state index contributed by atoms with van der Waals surface area (Å²) in [6, 6.07) is 0. The third-order valence-electron chi connectivity index (χ3n) is 0. The Hall–Kier alpha value is 4.15. The highest BCUT2D eigenvalue weighted by atomic mass is 36.5. The molecule has 0 radical (unpaired) electrons. The Morgan fingerprint density at radius 2 is 0.417 bits per heavy atom. The molecule has 246 valence electrons. The molecule has 0 aromatic rings. The molecule has 0 aliphatic heterocycles. The second kappa shape index (κ2) is 173. The molecule has 0 fully saturated rings. The first-order chi connectivity index (χ1) is 10.8. The van der Waals surface area contributed by atoms with Gasteiger partial charge in [-0.05, 0) is 0 Å². The van der Waals surface area contributed by atoms with E-state index in [9.17, 15) is 0 Å². The highest BCUT2D eigenvalue weighted by molar-refractivity contribution is 7.81. The van der Waals surface area contributed by atoms with Crippen LogP contribution in [0.1, 0.15) is 44.6 Å². The Balaban J connectivity index is -0.00000000442. The Morgan fingerprint density at radius 1 is 0.417 bits per heavy atom. The van der Waals surface area contributed by atoms with Crippen LogP contribution in [0.5, 0.6) is 0 Å². The van der Waals surface area contributed by atoms with E-state index in [4.69, 9.17) is 127 Å². The zero-order valence-electron chi connectivity index (χ0n) is 12.5.